The van der Waals surface area contributed by atoms with E-state index in [1.165, 1.54) is 0 Å². The number of hydrogen-bond acceptors (Lipinski definition) is 3. The summed E-state index contributed by atoms with van der Waals surface area (Å²) in [6.45, 7) is 3.44. The van der Waals surface area contributed by atoms with E-state index < -0.39 is 11.9 Å². The Morgan fingerprint density at radius 3 is 2.61 bits per heavy atom. The molecule has 6 heteroatoms. The molecule has 0 bridgehead atoms. The third kappa shape index (κ3) is 5.35. The Kier molecular flexibility index (Phi) is 5.90. The molecule has 0 radical (unpaired) electrons. The second-order valence-corrected chi connectivity index (χ2v) is 5.06. The summed E-state index contributed by atoms with van der Waals surface area (Å²) in [5, 5.41) is 4.74. The Balaban J connectivity index is 2.38. The van der Waals surface area contributed by atoms with Gasteiger partial charge in [-0.3, -0.25) is 10.1 Å². The molecule has 1 rings (SSSR count). The number of rotatable bonds is 4. The lowest BCUT2D eigenvalue weighted by Gasteiger charge is -2.10. The number of halogens is 1. The first kappa shape index (κ1) is 14.7. The third-order valence-corrected chi connectivity index (χ3v) is 2.76. The van der Waals surface area contributed by atoms with Crippen molar-refractivity contribution in [3.63, 3.8) is 0 Å². The normalized spacial score (nSPS) is 10.0. The van der Waals surface area contributed by atoms with Crippen LogP contribution in [0.15, 0.2) is 24.3 Å². The topological polar surface area (TPSA) is 67.4 Å². The van der Waals surface area contributed by atoms with Crippen LogP contribution < -0.4 is 15.4 Å². The number of carbonyl (C=O) groups is 2. The van der Waals surface area contributed by atoms with Crippen LogP contribution >= 0.6 is 22.6 Å². The van der Waals surface area contributed by atoms with Gasteiger partial charge in [0.2, 0.25) is 0 Å². The van der Waals surface area contributed by atoms with Gasteiger partial charge >= 0.3 is 6.03 Å². The molecule has 1 aromatic carbocycles. The Labute approximate surface area is 119 Å². The van der Waals surface area contributed by atoms with Crippen molar-refractivity contribution in [2.75, 3.05) is 6.61 Å². The monoisotopic (exact) mass is 362 g/mol. The van der Waals surface area contributed by atoms with E-state index in [1.54, 1.807) is 6.07 Å². The summed E-state index contributed by atoms with van der Waals surface area (Å²) < 4.78 is 6.22. The van der Waals surface area contributed by atoms with Gasteiger partial charge in [-0.05, 0) is 48.6 Å². The molecule has 0 saturated carbocycles. The smallest absolute Gasteiger partial charge is 0.321 e. The van der Waals surface area contributed by atoms with E-state index in [0.29, 0.717) is 5.75 Å². The second kappa shape index (κ2) is 7.20. The number of ether oxygens (including phenoxy) is 1. The first-order chi connectivity index (χ1) is 8.49. The summed E-state index contributed by atoms with van der Waals surface area (Å²) in [7, 11) is 0. The summed E-state index contributed by atoms with van der Waals surface area (Å²) in [6.07, 6.45) is 0. The van der Waals surface area contributed by atoms with Crippen molar-refractivity contribution in [2.45, 2.75) is 19.9 Å². The van der Waals surface area contributed by atoms with Gasteiger partial charge in [-0.15, -0.1) is 0 Å². The average molecular weight is 362 g/mol. The van der Waals surface area contributed by atoms with Gasteiger partial charge in [0.15, 0.2) is 6.61 Å². The van der Waals surface area contributed by atoms with Gasteiger partial charge in [0, 0.05) is 6.04 Å². The predicted molar refractivity (Wildman–Crippen MR) is 76.5 cm³/mol. The van der Waals surface area contributed by atoms with E-state index >= 15 is 0 Å². The second-order valence-electron chi connectivity index (χ2n) is 3.90. The first-order valence-electron chi connectivity index (χ1n) is 5.46. The third-order valence-electron chi connectivity index (χ3n) is 1.87. The summed E-state index contributed by atoms with van der Waals surface area (Å²) >= 11 is 2.11. The van der Waals surface area contributed by atoms with Gasteiger partial charge in [0.25, 0.3) is 5.91 Å². The summed E-state index contributed by atoms with van der Waals surface area (Å²) in [6, 6.07) is 6.81. The van der Waals surface area contributed by atoms with Crippen LogP contribution in [0.4, 0.5) is 4.79 Å². The van der Waals surface area contributed by atoms with Crippen molar-refractivity contribution in [1.29, 1.82) is 0 Å². The van der Waals surface area contributed by atoms with E-state index in [2.05, 4.69) is 33.2 Å². The summed E-state index contributed by atoms with van der Waals surface area (Å²) in [5.74, 6) is 0.144. The van der Waals surface area contributed by atoms with Crippen molar-refractivity contribution in [1.82, 2.24) is 10.6 Å². The number of para-hydroxylation sites is 1. The molecular formula is C12H15IN2O3. The lowest BCUT2D eigenvalue weighted by Crippen LogP contribution is -2.44. The Bertz CT molecular complexity index is 435. The molecule has 3 amide bonds. The number of imide groups is 1. The fraction of sp³-hybridized carbons (Fsp3) is 0.333. The lowest BCUT2D eigenvalue weighted by molar-refractivity contribution is -0.122. The van der Waals surface area contributed by atoms with Gasteiger partial charge in [0.05, 0.1) is 3.57 Å². The molecule has 0 spiro atoms. The van der Waals surface area contributed by atoms with E-state index in [4.69, 9.17) is 4.74 Å². The Morgan fingerprint density at radius 1 is 1.33 bits per heavy atom. The molecule has 0 atom stereocenters. The van der Waals surface area contributed by atoms with E-state index in [0.717, 1.165) is 3.57 Å². The number of benzene rings is 1. The summed E-state index contributed by atoms with van der Waals surface area (Å²) in [4.78, 5) is 22.7. The molecule has 1 aromatic rings. The molecule has 2 N–H and O–H groups in total. The minimum Gasteiger partial charge on any atom is -0.483 e. The standard InChI is InChI=1S/C12H15IN2O3/c1-8(2)14-12(17)15-11(16)7-18-10-6-4-3-5-9(10)13/h3-6,8H,7H2,1-2H3,(H2,14,15,16,17). The van der Waals surface area contributed by atoms with Gasteiger partial charge in [-0.25, -0.2) is 4.79 Å². The van der Waals surface area contributed by atoms with Gasteiger partial charge < -0.3 is 10.1 Å². The fourth-order valence-electron chi connectivity index (χ4n) is 1.17. The zero-order chi connectivity index (χ0) is 13.5. The average Bonchev–Trinajstić information content (AvgIpc) is 2.26. The van der Waals surface area contributed by atoms with Crippen LogP contribution in [0, 0.1) is 3.57 Å². The predicted octanol–water partition coefficient (Wildman–Crippen LogP) is 1.90. The molecule has 0 unspecified atom stereocenters. The first-order valence-corrected chi connectivity index (χ1v) is 6.54. The number of urea groups is 1. The van der Waals surface area contributed by atoms with Crippen LogP contribution in [0.1, 0.15) is 13.8 Å². The molecule has 98 valence electrons. The van der Waals surface area contributed by atoms with E-state index in [1.807, 2.05) is 32.0 Å². The zero-order valence-corrected chi connectivity index (χ0v) is 12.4. The Hall–Kier alpha value is -1.31. The maximum absolute atomic E-state index is 11.4. The minimum atomic E-state index is -0.513. The van der Waals surface area contributed by atoms with Crippen LogP contribution in [0.3, 0.4) is 0 Å². The molecule has 0 saturated heterocycles. The van der Waals surface area contributed by atoms with Crippen molar-refractivity contribution in [3.05, 3.63) is 27.8 Å². The highest BCUT2D eigenvalue weighted by Crippen LogP contribution is 2.19. The Morgan fingerprint density at radius 2 is 2.00 bits per heavy atom. The van der Waals surface area contributed by atoms with Crippen molar-refractivity contribution >= 4 is 34.5 Å². The van der Waals surface area contributed by atoms with Crippen LogP contribution in [0.5, 0.6) is 5.75 Å². The number of carbonyl (C=O) groups excluding carboxylic acids is 2. The zero-order valence-electron chi connectivity index (χ0n) is 10.2. The molecule has 0 aromatic heterocycles. The van der Waals surface area contributed by atoms with E-state index in [9.17, 15) is 9.59 Å². The van der Waals surface area contributed by atoms with Gasteiger partial charge in [-0.1, -0.05) is 12.1 Å². The SMILES string of the molecule is CC(C)NC(=O)NC(=O)COc1ccccc1I. The van der Waals surface area contributed by atoms with Crippen LogP contribution in [0.2, 0.25) is 0 Å². The maximum Gasteiger partial charge on any atom is 0.321 e. The van der Waals surface area contributed by atoms with Crippen LogP contribution in [0.25, 0.3) is 0 Å². The molecule has 0 heterocycles. The highest BCUT2D eigenvalue weighted by molar-refractivity contribution is 14.1. The van der Waals surface area contributed by atoms with Crippen LogP contribution in [-0.2, 0) is 4.79 Å². The lowest BCUT2D eigenvalue weighted by atomic mass is 10.3. The summed E-state index contributed by atoms with van der Waals surface area (Å²) in [5.41, 5.74) is 0. The minimum absolute atomic E-state index is 0.0196. The highest BCUT2D eigenvalue weighted by Gasteiger charge is 2.09. The molecular weight excluding hydrogens is 347 g/mol. The van der Waals surface area contributed by atoms with Crippen molar-refractivity contribution in [3.8, 4) is 5.75 Å². The van der Waals surface area contributed by atoms with E-state index in [-0.39, 0.29) is 12.6 Å². The molecule has 0 aliphatic heterocycles. The number of hydrogen-bond donors (Lipinski definition) is 2. The van der Waals surface area contributed by atoms with Gasteiger partial charge in [0.1, 0.15) is 5.75 Å². The van der Waals surface area contributed by atoms with Crippen molar-refractivity contribution < 1.29 is 14.3 Å². The largest absolute Gasteiger partial charge is 0.483 e. The molecule has 5 nitrogen and oxygen atoms in total. The number of nitrogens with one attached hydrogen (secondary N) is 2. The van der Waals surface area contributed by atoms with Crippen molar-refractivity contribution in [2.24, 2.45) is 0 Å². The van der Waals surface area contributed by atoms with Gasteiger partial charge in [-0.2, -0.15) is 0 Å². The molecule has 0 fully saturated rings. The van der Waals surface area contributed by atoms with Crippen LogP contribution in [-0.4, -0.2) is 24.6 Å². The highest BCUT2D eigenvalue weighted by atomic mass is 127. The quantitative estimate of drug-likeness (QED) is 0.805. The fourth-order valence-corrected chi connectivity index (χ4v) is 1.71. The molecule has 0 aliphatic carbocycles. The number of amides is 3. The maximum atomic E-state index is 11.4. The molecule has 18 heavy (non-hydrogen) atoms. The molecule has 0 aliphatic rings.